The molecular formula is C8H8N2O. The van der Waals surface area contributed by atoms with Gasteiger partial charge in [0.2, 0.25) is 5.88 Å². The van der Waals surface area contributed by atoms with E-state index in [0.717, 1.165) is 0 Å². The Labute approximate surface area is 65.4 Å². The van der Waals surface area contributed by atoms with Crippen molar-refractivity contribution in [3.05, 3.63) is 18.6 Å². The van der Waals surface area contributed by atoms with E-state index in [0.29, 0.717) is 18.9 Å². The van der Waals surface area contributed by atoms with E-state index >= 15 is 0 Å². The molecular weight excluding hydrogens is 140 g/mol. The third-order valence-corrected chi connectivity index (χ3v) is 1.04. The fraction of sp³-hybridized carbons (Fsp3) is 0.250. The van der Waals surface area contributed by atoms with Gasteiger partial charge in [-0.15, -0.1) is 12.3 Å². The maximum atomic E-state index is 5.13. The Morgan fingerprint density at radius 3 is 3.09 bits per heavy atom. The summed E-state index contributed by atoms with van der Waals surface area (Å²) in [7, 11) is 0. The van der Waals surface area contributed by atoms with Crippen LogP contribution in [0.25, 0.3) is 0 Å². The average molecular weight is 148 g/mol. The van der Waals surface area contributed by atoms with E-state index in [1.165, 1.54) is 0 Å². The van der Waals surface area contributed by atoms with Crippen molar-refractivity contribution < 1.29 is 4.74 Å². The Hall–Kier alpha value is -1.56. The quantitative estimate of drug-likeness (QED) is 0.471. The molecule has 0 aliphatic heterocycles. The van der Waals surface area contributed by atoms with Gasteiger partial charge < -0.3 is 4.74 Å². The lowest BCUT2D eigenvalue weighted by molar-refractivity contribution is 0.313. The predicted octanol–water partition coefficient (Wildman–Crippen LogP) is 0.879. The van der Waals surface area contributed by atoms with Gasteiger partial charge in [-0.2, -0.15) is 0 Å². The molecule has 0 amide bonds. The van der Waals surface area contributed by atoms with Gasteiger partial charge in [0.05, 0.1) is 6.20 Å². The van der Waals surface area contributed by atoms with Gasteiger partial charge >= 0.3 is 0 Å². The summed E-state index contributed by atoms with van der Waals surface area (Å²) in [6.45, 7) is 0.495. The first-order valence-corrected chi connectivity index (χ1v) is 3.26. The summed E-state index contributed by atoms with van der Waals surface area (Å²) >= 11 is 0. The second kappa shape index (κ2) is 4.29. The number of hydrogen-bond donors (Lipinski definition) is 0. The summed E-state index contributed by atoms with van der Waals surface area (Å²) in [6, 6.07) is 0. The molecule has 0 radical (unpaired) electrons. The van der Waals surface area contributed by atoms with Gasteiger partial charge in [-0.25, -0.2) is 4.98 Å². The van der Waals surface area contributed by atoms with Crippen LogP contribution in [0.4, 0.5) is 0 Å². The Morgan fingerprint density at radius 1 is 1.55 bits per heavy atom. The molecule has 0 saturated heterocycles. The smallest absolute Gasteiger partial charge is 0.232 e. The first kappa shape index (κ1) is 7.55. The van der Waals surface area contributed by atoms with Gasteiger partial charge in [0.1, 0.15) is 6.61 Å². The van der Waals surface area contributed by atoms with Crippen molar-refractivity contribution in [3.63, 3.8) is 0 Å². The molecule has 3 nitrogen and oxygen atoms in total. The molecule has 0 unspecified atom stereocenters. The van der Waals surface area contributed by atoms with E-state index < -0.39 is 0 Å². The van der Waals surface area contributed by atoms with Crippen molar-refractivity contribution in [1.29, 1.82) is 0 Å². The third kappa shape index (κ3) is 2.67. The van der Waals surface area contributed by atoms with E-state index in [4.69, 9.17) is 11.2 Å². The molecule has 1 aromatic heterocycles. The normalized spacial score (nSPS) is 8.64. The lowest BCUT2D eigenvalue weighted by Gasteiger charge is -1.99. The highest BCUT2D eigenvalue weighted by Gasteiger charge is 1.90. The molecule has 0 spiro atoms. The summed E-state index contributed by atoms with van der Waals surface area (Å²) in [5.41, 5.74) is 0. The zero-order valence-electron chi connectivity index (χ0n) is 6.03. The predicted molar refractivity (Wildman–Crippen MR) is 41.0 cm³/mol. The monoisotopic (exact) mass is 148 g/mol. The molecule has 11 heavy (non-hydrogen) atoms. The number of hydrogen-bond acceptors (Lipinski definition) is 3. The van der Waals surface area contributed by atoms with Crippen LogP contribution in [-0.4, -0.2) is 16.6 Å². The molecule has 0 fully saturated rings. The van der Waals surface area contributed by atoms with E-state index in [-0.39, 0.29) is 0 Å². The number of terminal acetylenes is 1. The van der Waals surface area contributed by atoms with Gasteiger partial charge in [-0.05, 0) is 0 Å². The van der Waals surface area contributed by atoms with Crippen molar-refractivity contribution in [2.45, 2.75) is 6.42 Å². The van der Waals surface area contributed by atoms with Crippen LogP contribution < -0.4 is 4.74 Å². The van der Waals surface area contributed by atoms with Gasteiger partial charge in [0, 0.05) is 18.8 Å². The van der Waals surface area contributed by atoms with E-state index in [1.807, 2.05) is 0 Å². The van der Waals surface area contributed by atoms with Crippen molar-refractivity contribution in [3.8, 4) is 18.2 Å². The largest absolute Gasteiger partial charge is 0.476 e. The van der Waals surface area contributed by atoms with E-state index in [1.54, 1.807) is 18.6 Å². The Kier molecular flexibility index (Phi) is 2.94. The molecule has 56 valence electrons. The minimum absolute atomic E-state index is 0.495. The van der Waals surface area contributed by atoms with Crippen LogP contribution in [0, 0.1) is 12.3 Å². The average Bonchev–Trinajstić information content (AvgIpc) is 2.07. The highest BCUT2D eigenvalue weighted by molar-refractivity contribution is 5.01. The van der Waals surface area contributed by atoms with Crippen molar-refractivity contribution in [1.82, 2.24) is 9.97 Å². The fourth-order valence-corrected chi connectivity index (χ4v) is 0.574. The fourth-order valence-electron chi connectivity index (χ4n) is 0.574. The third-order valence-electron chi connectivity index (χ3n) is 1.04. The highest BCUT2D eigenvalue weighted by Crippen LogP contribution is 2.00. The summed E-state index contributed by atoms with van der Waals surface area (Å²) < 4.78 is 5.13. The first-order chi connectivity index (χ1) is 5.43. The van der Waals surface area contributed by atoms with Crippen LogP contribution in [0.5, 0.6) is 5.88 Å². The maximum absolute atomic E-state index is 5.13. The van der Waals surface area contributed by atoms with E-state index in [9.17, 15) is 0 Å². The maximum Gasteiger partial charge on any atom is 0.232 e. The lowest BCUT2D eigenvalue weighted by Crippen LogP contribution is -1.97. The second-order valence-electron chi connectivity index (χ2n) is 1.85. The van der Waals surface area contributed by atoms with Crippen LogP contribution in [-0.2, 0) is 0 Å². The Bertz CT molecular complexity index is 240. The Morgan fingerprint density at radius 2 is 2.45 bits per heavy atom. The van der Waals surface area contributed by atoms with Crippen LogP contribution in [0.3, 0.4) is 0 Å². The molecule has 1 aromatic rings. The van der Waals surface area contributed by atoms with Gasteiger partial charge in [-0.1, -0.05) is 0 Å². The molecule has 1 rings (SSSR count). The molecule has 0 aromatic carbocycles. The molecule has 0 aliphatic rings. The molecule has 0 bridgehead atoms. The van der Waals surface area contributed by atoms with Crippen LogP contribution in [0.1, 0.15) is 6.42 Å². The van der Waals surface area contributed by atoms with Gasteiger partial charge in [0.15, 0.2) is 0 Å². The number of aromatic nitrogens is 2. The molecule has 0 aliphatic carbocycles. The summed E-state index contributed by atoms with van der Waals surface area (Å²) in [5.74, 6) is 2.98. The molecule has 0 N–H and O–H groups in total. The number of rotatable bonds is 3. The number of nitrogens with zero attached hydrogens (tertiary/aromatic N) is 2. The summed E-state index contributed by atoms with van der Waals surface area (Å²) in [5, 5.41) is 0. The second-order valence-corrected chi connectivity index (χ2v) is 1.85. The SMILES string of the molecule is C#CCCOc1cnccn1. The van der Waals surface area contributed by atoms with Crippen molar-refractivity contribution in [2.24, 2.45) is 0 Å². The molecule has 0 atom stereocenters. The lowest BCUT2D eigenvalue weighted by atomic mass is 10.5. The van der Waals surface area contributed by atoms with Crippen LogP contribution in [0.2, 0.25) is 0 Å². The zero-order chi connectivity index (χ0) is 7.94. The molecule has 3 heteroatoms. The number of ether oxygens (including phenoxy) is 1. The van der Waals surface area contributed by atoms with Gasteiger partial charge in [0.25, 0.3) is 0 Å². The first-order valence-electron chi connectivity index (χ1n) is 3.26. The summed E-state index contributed by atoms with van der Waals surface area (Å²) in [4.78, 5) is 7.72. The topological polar surface area (TPSA) is 35.0 Å². The summed E-state index contributed by atoms with van der Waals surface area (Å²) in [6.07, 6.45) is 10.3. The van der Waals surface area contributed by atoms with Crippen LogP contribution in [0.15, 0.2) is 18.6 Å². The van der Waals surface area contributed by atoms with Crippen LogP contribution >= 0.6 is 0 Å². The Balaban J connectivity index is 2.35. The standard InChI is InChI=1S/C8H8N2O/c1-2-3-6-11-8-7-9-4-5-10-8/h1,4-5,7H,3,6H2. The highest BCUT2D eigenvalue weighted by atomic mass is 16.5. The molecule has 0 saturated carbocycles. The van der Waals surface area contributed by atoms with Crippen molar-refractivity contribution in [2.75, 3.05) is 6.61 Å². The minimum atomic E-state index is 0.495. The molecule has 1 heterocycles. The zero-order valence-corrected chi connectivity index (χ0v) is 6.03. The van der Waals surface area contributed by atoms with Gasteiger partial charge in [-0.3, -0.25) is 4.98 Å². The minimum Gasteiger partial charge on any atom is -0.476 e. The van der Waals surface area contributed by atoms with Crippen molar-refractivity contribution >= 4 is 0 Å². The van der Waals surface area contributed by atoms with E-state index in [2.05, 4.69) is 15.9 Å².